The molecular weight excluding hydrogens is 621 g/mol. The van der Waals surface area contributed by atoms with Crippen LogP contribution >= 0.6 is 0 Å². The van der Waals surface area contributed by atoms with Crippen molar-refractivity contribution in [1.82, 2.24) is 20.2 Å². The third-order valence-corrected chi connectivity index (χ3v) is 8.32. The second-order valence-corrected chi connectivity index (χ2v) is 12.1. The van der Waals surface area contributed by atoms with Crippen molar-refractivity contribution in [1.29, 1.82) is 0 Å². The number of methoxy groups -OCH3 is 1. The Morgan fingerprint density at radius 1 is 1.24 bits per heavy atom. The van der Waals surface area contributed by atoms with E-state index < -0.39 is 58.0 Å². The second kappa shape index (κ2) is 13.9. The SMILES string of the molecule is COc1cc(C(=O)N[C@@H]2CCN(C)C[C@@H]2F)c(F)cc1Nc1ncc(C(F)(F)F)c(NCc2ccc(C)cc2N(C)S(C)=O)n1. The van der Waals surface area contributed by atoms with E-state index in [4.69, 9.17) is 4.74 Å². The van der Waals surface area contributed by atoms with Gasteiger partial charge in [-0.2, -0.15) is 18.2 Å². The monoisotopic (exact) mass is 655 g/mol. The number of piperidine rings is 1. The number of nitrogens with zero attached hydrogens (tertiary/aromatic N) is 4. The Bertz CT molecular complexity index is 1580. The van der Waals surface area contributed by atoms with Crippen LogP contribution < -0.4 is 25.0 Å². The molecule has 1 aliphatic rings. The molecule has 2 aromatic carbocycles. The van der Waals surface area contributed by atoms with Crippen LogP contribution in [0.5, 0.6) is 5.75 Å². The summed E-state index contributed by atoms with van der Waals surface area (Å²) in [5.74, 6) is -2.71. The van der Waals surface area contributed by atoms with E-state index in [1.54, 1.807) is 37.2 Å². The fourth-order valence-electron chi connectivity index (χ4n) is 4.80. The summed E-state index contributed by atoms with van der Waals surface area (Å²) in [6.45, 7) is 2.43. The molecule has 2 heterocycles. The van der Waals surface area contributed by atoms with Gasteiger partial charge in [-0.05, 0) is 43.7 Å². The first-order valence-corrected chi connectivity index (χ1v) is 15.3. The predicted molar refractivity (Wildman–Crippen MR) is 163 cm³/mol. The largest absolute Gasteiger partial charge is 0.495 e. The number of benzene rings is 2. The Hall–Kier alpha value is -4.05. The zero-order valence-corrected chi connectivity index (χ0v) is 26.1. The number of ether oxygens (including phenoxy) is 1. The average Bonchev–Trinajstić information content (AvgIpc) is 2.97. The van der Waals surface area contributed by atoms with Gasteiger partial charge in [-0.1, -0.05) is 12.1 Å². The van der Waals surface area contributed by atoms with Crippen molar-refractivity contribution in [2.45, 2.75) is 38.3 Å². The fourth-order valence-corrected chi connectivity index (χ4v) is 5.24. The number of aromatic nitrogens is 2. The summed E-state index contributed by atoms with van der Waals surface area (Å²) < 4.78 is 90.1. The highest BCUT2D eigenvalue weighted by Crippen LogP contribution is 2.36. The molecular formula is C29H34F5N7O3S. The maximum atomic E-state index is 15.1. The molecule has 1 unspecified atom stereocenters. The molecule has 1 amide bonds. The minimum atomic E-state index is -4.80. The normalized spacial score (nSPS) is 17.8. The number of carbonyl (C=O) groups excluding carboxylic acids is 1. The average molecular weight is 656 g/mol. The first kappa shape index (κ1) is 33.8. The molecule has 4 rings (SSSR count). The van der Waals surface area contributed by atoms with Crippen LogP contribution in [0.3, 0.4) is 0 Å². The number of likely N-dealkylation sites (tertiary alicyclic amines) is 1. The van der Waals surface area contributed by atoms with E-state index in [0.29, 0.717) is 30.4 Å². The van der Waals surface area contributed by atoms with E-state index in [1.165, 1.54) is 17.7 Å². The molecule has 0 saturated carbocycles. The fraction of sp³-hybridized carbons (Fsp3) is 0.414. The van der Waals surface area contributed by atoms with Gasteiger partial charge < -0.3 is 25.6 Å². The molecule has 1 aromatic heterocycles. The minimum absolute atomic E-state index is 0.0281. The number of halogens is 5. The molecule has 1 saturated heterocycles. The van der Waals surface area contributed by atoms with Gasteiger partial charge in [0.25, 0.3) is 5.91 Å². The molecule has 0 aliphatic carbocycles. The van der Waals surface area contributed by atoms with E-state index in [1.807, 2.05) is 6.92 Å². The molecule has 1 fully saturated rings. The Labute approximate surface area is 260 Å². The molecule has 244 valence electrons. The van der Waals surface area contributed by atoms with E-state index >= 15 is 4.39 Å². The number of amides is 1. The van der Waals surface area contributed by atoms with Crippen molar-refractivity contribution >= 4 is 40.0 Å². The highest BCUT2D eigenvalue weighted by Gasteiger charge is 2.35. The van der Waals surface area contributed by atoms with Gasteiger partial charge in [0, 0.05) is 45.2 Å². The van der Waals surface area contributed by atoms with E-state index in [0.717, 1.165) is 17.7 Å². The molecule has 0 radical (unpaired) electrons. The molecule has 0 bridgehead atoms. The summed E-state index contributed by atoms with van der Waals surface area (Å²) in [4.78, 5) is 22.4. The number of rotatable bonds is 10. The Balaban J connectivity index is 1.59. The van der Waals surface area contributed by atoms with Crippen LogP contribution in [0.15, 0.2) is 36.5 Å². The van der Waals surface area contributed by atoms with Gasteiger partial charge >= 0.3 is 6.18 Å². The van der Waals surface area contributed by atoms with Crippen LogP contribution in [0.1, 0.15) is 33.5 Å². The summed E-state index contributed by atoms with van der Waals surface area (Å²) in [7, 11) is 3.24. The van der Waals surface area contributed by atoms with Crippen molar-refractivity contribution < 1.29 is 35.7 Å². The Morgan fingerprint density at radius 3 is 2.62 bits per heavy atom. The lowest BCUT2D eigenvalue weighted by atomic mass is 10.0. The topological polar surface area (TPSA) is 112 Å². The number of nitrogens with one attached hydrogen (secondary N) is 3. The number of carbonyl (C=O) groups is 1. The minimum Gasteiger partial charge on any atom is -0.495 e. The van der Waals surface area contributed by atoms with Crippen LogP contribution in [0, 0.1) is 12.7 Å². The summed E-state index contributed by atoms with van der Waals surface area (Å²) in [5, 5.41) is 7.88. The number of hydrogen-bond donors (Lipinski definition) is 3. The van der Waals surface area contributed by atoms with E-state index in [-0.39, 0.29) is 30.5 Å². The molecule has 16 heteroatoms. The first-order valence-electron chi connectivity index (χ1n) is 13.8. The van der Waals surface area contributed by atoms with Crippen molar-refractivity contribution in [3.63, 3.8) is 0 Å². The highest BCUT2D eigenvalue weighted by molar-refractivity contribution is 7.85. The van der Waals surface area contributed by atoms with Gasteiger partial charge in [0.15, 0.2) is 0 Å². The number of aryl methyl sites for hydroxylation is 1. The molecule has 45 heavy (non-hydrogen) atoms. The highest BCUT2D eigenvalue weighted by atomic mass is 32.2. The van der Waals surface area contributed by atoms with Gasteiger partial charge in [0.05, 0.1) is 30.1 Å². The lowest BCUT2D eigenvalue weighted by Gasteiger charge is -2.32. The zero-order valence-electron chi connectivity index (χ0n) is 25.3. The zero-order chi connectivity index (χ0) is 33.1. The third kappa shape index (κ3) is 8.16. The van der Waals surface area contributed by atoms with Crippen LogP contribution in [0.25, 0.3) is 0 Å². The van der Waals surface area contributed by atoms with Gasteiger partial charge in [0.2, 0.25) is 5.95 Å². The summed E-state index contributed by atoms with van der Waals surface area (Å²) in [6, 6.07) is 6.49. The van der Waals surface area contributed by atoms with Crippen molar-refractivity contribution in [2.24, 2.45) is 0 Å². The quantitative estimate of drug-likeness (QED) is 0.267. The van der Waals surface area contributed by atoms with Crippen molar-refractivity contribution in [2.75, 3.05) is 55.5 Å². The summed E-state index contributed by atoms with van der Waals surface area (Å²) in [6.07, 6.45) is -3.71. The van der Waals surface area contributed by atoms with E-state index in [2.05, 4.69) is 25.9 Å². The van der Waals surface area contributed by atoms with Gasteiger partial charge in [-0.3, -0.25) is 9.10 Å². The molecule has 0 spiro atoms. The van der Waals surface area contributed by atoms with Crippen molar-refractivity contribution in [3.8, 4) is 5.75 Å². The molecule has 1 aliphatic heterocycles. The van der Waals surface area contributed by atoms with Crippen LogP contribution in [-0.2, 0) is 23.7 Å². The number of anilines is 4. The lowest BCUT2D eigenvalue weighted by molar-refractivity contribution is -0.137. The standard InChI is InChI=1S/C29H34F5N7O3S/c1-16-6-7-17(24(10-16)41(3)45(5)43)13-35-26-19(29(32,33)34)14-36-28(39-26)38-23-12-20(30)18(11-25(23)44-4)27(42)37-22-8-9-40(2)15-21(22)31/h6-7,10-12,14,21-22H,8-9,13,15H2,1-5H3,(H,37,42)(H2,35,36,38,39)/t21-,22+,45?/m0/s1. The maximum Gasteiger partial charge on any atom is 0.421 e. The van der Waals surface area contributed by atoms with Crippen molar-refractivity contribution in [3.05, 3.63) is 64.6 Å². The maximum absolute atomic E-state index is 15.1. The summed E-state index contributed by atoms with van der Waals surface area (Å²) >= 11 is 0. The summed E-state index contributed by atoms with van der Waals surface area (Å²) in [5.41, 5.74) is 0.398. The van der Waals surface area contributed by atoms with Gasteiger partial charge in [-0.25, -0.2) is 18.0 Å². The Morgan fingerprint density at radius 2 is 1.98 bits per heavy atom. The molecule has 3 aromatic rings. The molecule has 10 nitrogen and oxygen atoms in total. The van der Waals surface area contributed by atoms with Gasteiger partial charge in [-0.15, -0.1) is 0 Å². The smallest absolute Gasteiger partial charge is 0.421 e. The van der Waals surface area contributed by atoms with Gasteiger partial charge in [0.1, 0.15) is 40.1 Å². The number of alkyl halides is 4. The number of hydrogen-bond acceptors (Lipinski definition) is 8. The first-order chi connectivity index (χ1) is 21.2. The molecule has 3 N–H and O–H groups in total. The molecule has 3 atom stereocenters. The van der Waals surface area contributed by atoms with Crippen LogP contribution in [0.2, 0.25) is 0 Å². The van der Waals surface area contributed by atoms with E-state index in [9.17, 15) is 26.6 Å². The predicted octanol–water partition coefficient (Wildman–Crippen LogP) is 4.81. The lowest BCUT2D eigenvalue weighted by Crippen LogP contribution is -2.51. The Kier molecular flexibility index (Phi) is 10.5. The second-order valence-electron chi connectivity index (χ2n) is 10.7. The van der Waals surface area contributed by atoms with Crippen LogP contribution in [-0.4, -0.2) is 77.7 Å². The van der Waals surface area contributed by atoms with Crippen LogP contribution in [0.4, 0.5) is 45.1 Å². The third-order valence-electron chi connectivity index (χ3n) is 7.35.